The predicted octanol–water partition coefficient (Wildman–Crippen LogP) is 3.67. The fraction of sp³-hybridized carbons (Fsp3) is 0.185. The van der Waals surface area contributed by atoms with E-state index < -0.39 is 6.04 Å². The van der Waals surface area contributed by atoms with Crippen molar-refractivity contribution in [3.05, 3.63) is 88.8 Å². The van der Waals surface area contributed by atoms with Crippen molar-refractivity contribution in [2.75, 3.05) is 22.9 Å². The molecule has 0 aliphatic heterocycles. The van der Waals surface area contributed by atoms with Gasteiger partial charge >= 0.3 is 6.03 Å². The van der Waals surface area contributed by atoms with Crippen molar-refractivity contribution in [1.82, 2.24) is 24.8 Å². The predicted molar refractivity (Wildman–Crippen MR) is 147 cm³/mol. The van der Waals surface area contributed by atoms with Gasteiger partial charge in [-0.3, -0.25) is 9.36 Å². The maximum atomic E-state index is 14.1. The van der Waals surface area contributed by atoms with E-state index in [9.17, 15) is 14.9 Å². The third kappa shape index (κ3) is 5.15. The number of amides is 2. The second kappa shape index (κ2) is 11.2. The van der Waals surface area contributed by atoms with Crippen LogP contribution in [0.15, 0.2) is 66.2 Å². The topological polar surface area (TPSA) is 164 Å². The minimum absolute atomic E-state index is 0.0410. The molecule has 192 valence electrons. The number of carbonyl (C=O) groups excluding carboxylic acids is 1. The van der Waals surface area contributed by atoms with Crippen LogP contribution in [-0.4, -0.2) is 32.1 Å². The van der Waals surface area contributed by atoms with Crippen LogP contribution in [0, 0.1) is 11.3 Å². The van der Waals surface area contributed by atoms with Crippen LogP contribution in [0.5, 0.6) is 0 Å². The van der Waals surface area contributed by atoms with Crippen LogP contribution in [0.1, 0.15) is 36.8 Å². The molecule has 0 spiro atoms. The van der Waals surface area contributed by atoms with Crippen LogP contribution in [0.2, 0.25) is 0 Å². The van der Waals surface area contributed by atoms with Crippen LogP contribution < -0.4 is 27.2 Å². The van der Waals surface area contributed by atoms with Crippen molar-refractivity contribution in [1.29, 1.82) is 5.26 Å². The average molecular weight is 510 g/mol. The average Bonchev–Trinajstić information content (AvgIpc) is 2.89. The Morgan fingerprint density at radius 2 is 2.05 bits per heavy atom. The summed E-state index contributed by atoms with van der Waals surface area (Å²) in [5.74, 6) is 0.634. The van der Waals surface area contributed by atoms with Crippen LogP contribution in [0.3, 0.4) is 0 Å². The highest BCUT2D eigenvalue weighted by Crippen LogP contribution is 2.26. The van der Waals surface area contributed by atoms with Gasteiger partial charge in [0.15, 0.2) is 0 Å². The summed E-state index contributed by atoms with van der Waals surface area (Å²) < 4.78 is 1.49. The Morgan fingerprint density at radius 1 is 1.26 bits per heavy atom. The highest BCUT2D eigenvalue weighted by molar-refractivity contribution is 5.89. The number of hydrogen-bond donors (Lipinski definition) is 4. The normalized spacial score (nSPS) is 11.4. The number of fused-ring (bicyclic) bond motifs is 1. The molecule has 4 rings (SSSR count). The lowest BCUT2D eigenvalue weighted by Gasteiger charge is -2.21. The van der Waals surface area contributed by atoms with E-state index in [1.807, 2.05) is 25.1 Å². The number of benzene rings is 2. The first-order chi connectivity index (χ1) is 18.4. The molecule has 0 bridgehead atoms. The van der Waals surface area contributed by atoms with Crippen molar-refractivity contribution in [3.8, 4) is 11.8 Å². The fourth-order valence-corrected chi connectivity index (χ4v) is 4.13. The third-order valence-electron chi connectivity index (χ3n) is 5.80. The van der Waals surface area contributed by atoms with E-state index in [1.54, 1.807) is 43.3 Å². The highest BCUT2D eigenvalue weighted by atomic mass is 16.2. The van der Waals surface area contributed by atoms with Gasteiger partial charge < -0.3 is 21.7 Å². The Kier molecular flexibility index (Phi) is 7.63. The van der Waals surface area contributed by atoms with Gasteiger partial charge in [0.25, 0.3) is 5.56 Å². The van der Waals surface area contributed by atoms with Gasteiger partial charge in [-0.1, -0.05) is 24.3 Å². The first-order valence-electron chi connectivity index (χ1n) is 12.0. The van der Waals surface area contributed by atoms with E-state index in [0.29, 0.717) is 41.1 Å². The van der Waals surface area contributed by atoms with Gasteiger partial charge in [0, 0.05) is 12.2 Å². The van der Waals surface area contributed by atoms with Crippen LogP contribution in [0.25, 0.3) is 16.6 Å². The van der Waals surface area contributed by atoms with E-state index in [-0.39, 0.29) is 28.8 Å². The van der Waals surface area contributed by atoms with Gasteiger partial charge in [0.1, 0.15) is 35.4 Å². The molecule has 2 heterocycles. The molecule has 5 N–H and O–H groups in total. The van der Waals surface area contributed by atoms with Gasteiger partial charge in [-0.25, -0.2) is 19.7 Å². The zero-order chi connectivity index (χ0) is 27.2. The lowest BCUT2D eigenvalue weighted by Crippen LogP contribution is -2.29. The number of nitrogens with zero attached hydrogens (tertiary/aromatic N) is 5. The van der Waals surface area contributed by atoms with Crippen molar-refractivity contribution in [3.63, 3.8) is 0 Å². The van der Waals surface area contributed by atoms with E-state index in [1.165, 1.54) is 10.9 Å². The maximum Gasteiger partial charge on any atom is 0.319 e. The largest absolute Gasteiger partial charge is 0.382 e. The maximum absolute atomic E-state index is 14.1. The molecule has 0 aliphatic carbocycles. The Morgan fingerprint density at radius 3 is 2.79 bits per heavy atom. The van der Waals surface area contributed by atoms with E-state index in [0.717, 1.165) is 5.56 Å². The minimum Gasteiger partial charge on any atom is -0.382 e. The molecule has 2 aromatic carbocycles. The molecular formula is C27H27N9O2. The number of nitrogen functional groups attached to an aromatic ring is 1. The summed E-state index contributed by atoms with van der Waals surface area (Å²) in [4.78, 5) is 39.1. The number of rotatable bonds is 8. The van der Waals surface area contributed by atoms with Crippen molar-refractivity contribution in [2.45, 2.75) is 26.3 Å². The van der Waals surface area contributed by atoms with Gasteiger partial charge in [0.05, 0.1) is 22.6 Å². The first-order valence-corrected chi connectivity index (χ1v) is 12.0. The number of carbonyl (C=O) groups is 1. The summed E-state index contributed by atoms with van der Waals surface area (Å²) >= 11 is 0. The van der Waals surface area contributed by atoms with Crippen LogP contribution in [0.4, 0.5) is 22.1 Å². The summed E-state index contributed by atoms with van der Waals surface area (Å²) in [5.41, 5.74) is 7.98. The Hall–Kier alpha value is -5.24. The van der Waals surface area contributed by atoms with Gasteiger partial charge in [-0.2, -0.15) is 5.26 Å². The van der Waals surface area contributed by atoms with E-state index in [2.05, 4.69) is 32.5 Å². The van der Waals surface area contributed by atoms with Gasteiger partial charge in [0.2, 0.25) is 0 Å². The molecule has 1 unspecified atom stereocenters. The molecule has 0 saturated carbocycles. The zero-order valence-corrected chi connectivity index (χ0v) is 21.0. The minimum atomic E-state index is -0.587. The molecule has 2 aromatic heterocycles. The van der Waals surface area contributed by atoms with Crippen molar-refractivity contribution in [2.24, 2.45) is 0 Å². The number of nitrogens with one attached hydrogen (secondary N) is 3. The number of urea groups is 1. The summed E-state index contributed by atoms with van der Waals surface area (Å²) in [6.45, 7) is 7.90. The quantitative estimate of drug-likeness (QED) is 0.261. The molecule has 0 saturated heterocycles. The molecule has 0 fully saturated rings. The molecule has 2 amide bonds. The second-order valence-corrected chi connectivity index (χ2v) is 8.41. The molecule has 11 nitrogen and oxygen atoms in total. The molecule has 1 atom stereocenters. The molecular weight excluding hydrogens is 482 g/mol. The Labute approximate surface area is 219 Å². The molecule has 0 radical (unpaired) electrons. The Bertz CT molecular complexity index is 1620. The zero-order valence-electron chi connectivity index (χ0n) is 21.0. The van der Waals surface area contributed by atoms with Gasteiger partial charge in [-0.15, -0.1) is 6.58 Å². The highest BCUT2D eigenvalue weighted by Gasteiger charge is 2.21. The lowest BCUT2D eigenvalue weighted by molar-refractivity contribution is 0.252. The summed E-state index contributed by atoms with van der Waals surface area (Å²) in [5, 5.41) is 18.6. The standard InChI is InChI=1S/C27H27N9O2/c1-4-8-17-9-6-12-21-22(17)26(37)36(19-11-7-10-18(13-19)34-27(38)30-5-2)25(35-21)16(3)33-24-20(14-28)23(29)31-15-32-24/h4,6-7,9-13,15-16H,1,5,8H2,2-3H3,(H2,30,34,38)(H3,29,31,32,33). The van der Waals surface area contributed by atoms with E-state index >= 15 is 0 Å². The lowest BCUT2D eigenvalue weighted by atomic mass is 10.1. The fourth-order valence-electron chi connectivity index (χ4n) is 4.13. The number of nitriles is 1. The summed E-state index contributed by atoms with van der Waals surface area (Å²) in [6.07, 6.45) is 3.48. The summed E-state index contributed by atoms with van der Waals surface area (Å²) in [6, 6.07) is 13.5. The molecule has 11 heteroatoms. The number of aromatic nitrogens is 4. The number of nitrogens with two attached hydrogens (primary N) is 1. The summed E-state index contributed by atoms with van der Waals surface area (Å²) in [7, 11) is 0. The Balaban J connectivity index is 1.92. The molecule has 4 aromatic rings. The number of anilines is 3. The van der Waals surface area contributed by atoms with Crippen LogP contribution >= 0.6 is 0 Å². The van der Waals surface area contributed by atoms with Gasteiger partial charge in [-0.05, 0) is 50.1 Å². The molecule has 38 heavy (non-hydrogen) atoms. The monoisotopic (exact) mass is 509 g/mol. The van der Waals surface area contributed by atoms with Crippen molar-refractivity contribution >= 4 is 34.3 Å². The SMILES string of the molecule is C=CCc1cccc2nc(C(C)Nc3ncnc(N)c3C#N)n(-c3cccc(NC(=O)NCC)c3)c(=O)c12. The first kappa shape index (κ1) is 25.8. The van der Waals surface area contributed by atoms with Crippen LogP contribution in [-0.2, 0) is 6.42 Å². The van der Waals surface area contributed by atoms with Crippen molar-refractivity contribution < 1.29 is 4.79 Å². The number of hydrogen-bond acceptors (Lipinski definition) is 8. The van der Waals surface area contributed by atoms with E-state index in [4.69, 9.17) is 10.7 Å². The third-order valence-corrected chi connectivity index (χ3v) is 5.80. The molecule has 0 aliphatic rings. The number of allylic oxidation sites excluding steroid dienone is 1. The second-order valence-electron chi connectivity index (χ2n) is 8.41. The smallest absolute Gasteiger partial charge is 0.319 e.